The highest BCUT2D eigenvalue weighted by Gasteiger charge is 2.28. The molecular formula is C16H19N3O4. The van der Waals surface area contributed by atoms with Crippen molar-refractivity contribution in [2.75, 3.05) is 13.7 Å². The third kappa shape index (κ3) is 3.44. The zero-order chi connectivity index (χ0) is 16.4. The molecule has 0 radical (unpaired) electrons. The third-order valence-corrected chi connectivity index (χ3v) is 3.91. The molecule has 1 saturated carbocycles. The first-order chi connectivity index (χ1) is 11.1. The Morgan fingerprint density at radius 2 is 2.22 bits per heavy atom. The Morgan fingerprint density at radius 3 is 2.87 bits per heavy atom. The Morgan fingerprint density at radius 1 is 1.43 bits per heavy atom. The van der Waals surface area contributed by atoms with Crippen LogP contribution in [0, 0.1) is 6.92 Å². The van der Waals surface area contributed by atoms with Gasteiger partial charge in [0.15, 0.2) is 5.69 Å². The first-order valence-electron chi connectivity index (χ1n) is 7.59. The number of nitrogens with zero attached hydrogens (tertiary/aromatic N) is 2. The molecule has 0 bridgehead atoms. The minimum atomic E-state index is -0.292. The molecule has 7 nitrogen and oxygen atoms in total. The second-order valence-corrected chi connectivity index (χ2v) is 5.67. The van der Waals surface area contributed by atoms with E-state index in [2.05, 4.69) is 10.5 Å². The van der Waals surface area contributed by atoms with Crippen LogP contribution in [0.3, 0.4) is 0 Å². The number of hydrogen-bond acceptors (Lipinski definition) is 5. The number of methoxy groups -OCH3 is 1. The number of rotatable bonds is 6. The SMILES string of the molecule is COc1cc(C)n(CCNC(=O)c2cc(C3CC3)on2)c(=O)c1. The molecule has 1 amide bonds. The molecule has 122 valence electrons. The molecule has 7 heteroatoms. The largest absolute Gasteiger partial charge is 0.496 e. The molecular weight excluding hydrogens is 298 g/mol. The van der Waals surface area contributed by atoms with Crippen LogP contribution >= 0.6 is 0 Å². The molecule has 23 heavy (non-hydrogen) atoms. The second kappa shape index (κ2) is 6.28. The molecule has 0 atom stereocenters. The molecule has 0 aromatic carbocycles. The van der Waals surface area contributed by atoms with Gasteiger partial charge < -0.3 is 19.1 Å². The van der Waals surface area contributed by atoms with Crippen LogP contribution in [0.2, 0.25) is 0 Å². The van der Waals surface area contributed by atoms with Crippen LogP contribution in [0.25, 0.3) is 0 Å². The van der Waals surface area contributed by atoms with Crippen molar-refractivity contribution >= 4 is 5.91 Å². The van der Waals surface area contributed by atoms with Crippen LogP contribution in [0.15, 0.2) is 27.5 Å². The third-order valence-electron chi connectivity index (χ3n) is 3.91. The summed E-state index contributed by atoms with van der Waals surface area (Å²) >= 11 is 0. The van der Waals surface area contributed by atoms with Crippen LogP contribution in [0.4, 0.5) is 0 Å². The number of hydrogen-bond donors (Lipinski definition) is 1. The fraction of sp³-hybridized carbons (Fsp3) is 0.438. The fourth-order valence-electron chi connectivity index (χ4n) is 2.43. The van der Waals surface area contributed by atoms with Gasteiger partial charge in [-0.2, -0.15) is 0 Å². The van der Waals surface area contributed by atoms with Crippen LogP contribution in [0.5, 0.6) is 5.75 Å². The van der Waals surface area contributed by atoms with Gasteiger partial charge in [-0.05, 0) is 25.8 Å². The highest BCUT2D eigenvalue weighted by Crippen LogP contribution is 2.40. The monoisotopic (exact) mass is 317 g/mol. The normalized spacial score (nSPS) is 13.8. The van der Waals surface area contributed by atoms with Gasteiger partial charge in [-0.25, -0.2) is 0 Å². The van der Waals surface area contributed by atoms with Crippen molar-refractivity contribution in [1.82, 2.24) is 15.0 Å². The maximum Gasteiger partial charge on any atom is 0.273 e. The minimum absolute atomic E-state index is 0.159. The number of aromatic nitrogens is 2. The molecule has 0 unspecified atom stereocenters. The molecule has 3 rings (SSSR count). The standard InChI is InChI=1S/C16H19N3O4/c1-10-7-12(22-2)8-15(20)19(10)6-5-17-16(21)13-9-14(23-18-13)11-3-4-11/h7-9,11H,3-6H2,1-2H3,(H,17,21). The number of nitrogens with one attached hydrogen (secondary N) is 1. The zero-order valence-corrected chi connectivity index (χ0v) is 13.2. The maximum absolute atomic E-state index is 12.0. The van der Waals surface area contributed by atoms with Crippen LogP contribution in [-0.2, 0) is 6.54 Å². The summed E-state index contributed by atoms with van der Waals surface area (Å²) in [5, 5.41) is 6.54. The quantitative estimate of drug-likeness (QED) is 0.871. The van der Waals surface area contributed by atoms with Crippen molar-refractivity contribution in [2.45, 2.75) is 32.2 Å². The van der Waals surface area contributed by atoms with Gasteiger partial charge in [-0.15, -0.1) is 0 Å². The molecule has 1 aliphatic carbocycles. The van der Waals surface area contributed by atoms with Crippen molar-refractivity contribution in [1.29, 1.82) is 0 Å². The molecule has 1 fully saturated rings. The van der Waals surface area contributed by atoms with Gasteiger partial charge in [0.25, 0.3) is 11.5 Å². The highest BCUT2D eigenvalue weighted by molar-refractivity contribution is 5.92. The van der Waals surface area contributed by atoms with Gasteiger partial charge in [0.1, 0.15) is 11.5 Å². The molecule has 0 saturated heterocycles. The summed E-state index contributed by atoms with van der Waals surface area (Å²) in [4.78, 5) is 24.0. The van der Waals surface area contributed by atoms with Crippen molar-refractivity contribution < 1.29 is 14.1 Å². The van der Waals surface area contributed by atoms with Gasteiger partial charge in [-0.1, -0.05) is 5.16 Å². The summed E-state index contributed by atoms with van der Waals surface area (Å²) in [6.45, 7) is 2.54. The summed E-state index contributed by atoms with van der Waals surface area (Å²) in [5.41, 5.74) is 0.903. The first-order valence-corrected chi connectivity index (χ1v) is 7.59. The van der Waals surface area contributed by atoms with Gasteiger partial charge in [0.05, 0.1) is 7.11 Å². The van der Waals surface area contributed by atoms with Gasteiger partial charge in [0, 0.05) is 36.8 Å². The van der Waals surface area contributed by atoms with Crippen molar-refractivity contribution in [3.05, 3.63) is 45.7 Å². The zero-order valence-electron chi connectivity index (χ0n) is 13.2. The lowest BCUT2D eigenvalue weighted by Crippen LogP contribution is -2.31. The van der Waals surface area contributed by atoms with E-state index < -0.39 is 0 Å². The summed E-state index contributed by atoms with van der Waals surface area (Å²) in [6.07, 6.45) is 2.19. The summed E-state index contributed by atoms with van der Waals surface area (Å²) in [6, 6.07) is 4.90. The van der Waals surface area contributed by atoms with Crippen molar-refractivity contribution in [3.63, 3.8) is 0 Å². The van der Waals surface area contributed by atoms with E-state index in [1.807, 2.05) is 6.92 Å². The van der Waals surface area contributed by atoms with E-state index in [0.29, 0.717) is 24.8 Å². The highest BCUT2D eigenvalue weighted by atomic mass is 16.5. The lowest BCUT2D eigenvalue weighted by atomic mass is 10.3. The van der Waals surface area contributed by atoms with E-state index >= 15 is 0 Å². The smallest absolute Gasteiger partial charge is 0.273 e. The average Bonchev–Trinajstić information content (AvgIpc) is 3.26. The van der Waals surface area contributed by atoms with Crippen molar-refractivity contribution in [2.24, 2.45) is 0 Å². The second-order valence-electron chi connectivity index (χ2n) is 5.67. The van der Waals surface area contributed by atoms with E-state index in [-0.39, 0.29) is 17.2 Å². The lowest BCUT2D eigenvalue weighted by Gasteiger charge is -2.11. The van der Waals surface area contributed by atoms with E-state index in [1.54, 1.807) is 16.7 Å². The molecule has 2 heterocycles. The van der Waals surface area contributed by atoms with Gasteiger partial charge >= 0.3 is 0 Å². The Labute approximate surface area is 133 Å². The number of ether oxygens (including phenoxy) is 1. The number of aryl methyl sites for hydroxylation is 1. The molecule has 1 aliphatic rings. The first kappa shape index (κ1) is 15.3. The van der Waals surface area contributed by atoms with Crippen LogP contribution in [0.1, 0.15) is 40.7 Å². The number of pyridine rings is 1. The molecule has 0 aliphatic heterocycles. The minimum Gasteiger partial charge on any atom is -0.496 e. The van der Waals surface area contributed by atoms with Gasteiger partial charge in [0.2, 0.25) is 0 Å². The fourth-order valence-corrected chi connectivity index (χ4v) is 2.43. The predicted octanol–water partition coefficient (Wildman–Crippen LogP) is 1.46. The molecule has 1 N–H and O–H groups in total. The predicted molar refractivity (Wildman–Crippen MR) is 82.8 cm³/mol. The molecule has 0 spiro atoms. The van der Waals surface area contributed by atoms with E-state index in [1.165, 1.54) is 13.2 Å². The lowest BCUT2D eigenvalue weighted by molar-refractivity contribution is 0.0943. The Kier molecular flexibility index (Phi) is 4.18. The van der Waals surface area contributed by atoms with Gasteiger partial charge in [-0.3, -0.25) is 9.59 Å². The maximum atomic E-state index is 12.0. The Hall–Kier alpha value is -2.57. The molecule has 2 aromatic rings. The Balaban J connectivity index is 1.58. The average molecular weight is 317 g/mol. The topological polar surface area (TPSA) is 86.4 Å². The van der Waals surface area contributed by atoms with E-state index in [4.69, 9.17) is 9.26 Å². The number of carbonyl (C=O) groups is 1. The van der Waals surface area contributed by atoms with Crippen molar-refractivity contribution in [3.8, 4) is 5.75 Å². The van der Waals surface area contributed by atoms with E-state index in [9.17, 15) is 9.59 Å². The summed E-state index contributed by atoms with van der Waals surface area (Å²) in [7, 11) is 1.52. The van der Waals surface area contributed by atoms with Crippen LogP contribution < -0.4 is 15.6 Å². The van der Waals surface area contributed by atoms with Crippen LogP contribution in [-0.4, -0.2) is 29.3 Å². The Bertz CT molecular complexity index is 774. The summed E-state index contributed by atoms with van der Waals surface area (Å²) < 4.78 is 11.8. The molecule has 2 aromatic heterocycles. The number of amides is 1. The summed E-state index contributed by atoms with van der Waals surface area (Å²) in [5.74, 6) is 1.43. The van der Waals surface area contributed by atoms with E-state index in [0.717, 1.165) is 24.3 Å². The number of carbonyl (C=O) groups excluding carboxylic acids is 1.